The normalized spacial score (nSPS) is 11.8. The first kappa shape index (κ1) is 21.7. The molecule has 0 saturated carbocycles. The van der Waals surface area contributed by atoms with Crippen LogP contribution in [0.4, 0.5) is 0 Å². The molecule has 29 heavy (non-hydrogen) atoms. The fourth-order valence-corrected chi connectivity index (χ4v) is 8.77. The van der Waals surface area contributed by atoms with Crippen LogP contribution in [0.2, 0.25) is 5.04 Å². The van der Waals surface area contributed by atoms with Gasteiger partial charge in [-0.15, -0.1) is 0 Å². The molecule has 0 radical (unpaired) electrons. The maximum atomic E-state index is 7.11. The molecule has 3 aromatic rings. The lowest BCUT2D eigenvalue weighted by Crippen LogP contribution is -2.68. The highest BCUT2D eigenvalue weighted by atomic mass is 127. The van der Waals surface area contributed by atoms with Crippen molar-refractivity contribution >= 4 is 41.3 Å². The molecule has 0 saturated heterocycles. The van der Waals surface area contributed by atoms with Crippen molar-refractivity contribution in [2.45, 2.75) is 25.8 Å². The number of ether oxygens (including phenoxy) is 2. The summed E-state index contributed by atoms with van der Waals surface area (Å²) in [5.41, 5.74) is 0. The van der Waals surface area contributed by atoms with Crippen molar-refractivity contribution < 1.29 is 13.9 Å². The van der Waals surface area contributed by atoms with Crippen LogP contribution in [0.25, 0.3) is 0 Å². The van der Waals surface area contributed by atoms with Gasteiger partial charge >= 0.3 is 8.32 Å². The van der Waals surface area contributed by atoms with E-state index in [2.05, 4.69) is 91.9 Å². The summed E-state index contributed by atoms with van der Waals surface area (Å²) in [5.74, 6) is 2.01. The van der Waals surface area contributed by atoms with Crippen molar-refractivity contribution in [3.63, 3.8) is 0 Å². The van der Waals surface area contributed by atoms with Crippen LogP contribution >= 0.6 is 22.6 Å². The summed E-state index contributed by atoms with van der Waals surface area (Å²) < 4.78 is 19.4. The van der Waals surface area contributed by atoms with Gasteiger partial charge in [-0.3, -0.25) is 0 Å². The van der Waals surface area contributed by atoms with E-state index in [1.165, 1.54) is 10.4 Å². The smallest absolute Gasteiger partial charge is 0.320 e. The van der Waals surface area contributed by atoms with E-state index >= 15 is 0 Å². The molecule has 3 nitrogen and oxygen atoms in total. The van der Waals surface area contributed by atoms with Gasteiger partial charge in [0.2, 0.25) is 5.75 Å². The van der Waals surface area contributed by atoms with Gasteiger partial charge in [-0.2, -0.15) is 0 Å². The molecule has 0 aromatic heterocycles. The van der Waals surface area contributed by atoms with Gasteiger partial charge in [0.1, 0.15) is 0 Å². The van der Waals surface area contributed by atoms with Crippen molar-refractivity contribution in [1.29, 1.82) is 0 Å². The molecule has 0 atom stereocenters. The van der Waals surface area contributed by atoms with Crippen molar-refractivity contribution in [2.75, 3.05) is 14.2 Å². The second kappa shape index (κ2) is 8.79. The highest BCUT2D eigenvalue weighted by Gasteiger charge is 2.52. The van der Waals surface area contributed by atoms with E-state index in [9.17, 15) is 0 Å². The summed E-state index contributed by atoms with van der Waals surface area (Å²) in [6.07, 6.45) is 0. The standard InChI is InChI=1S/C24H27IO3Si/c1-24(2,3)29(19-12-8-6-9-13-19,20-14-10-7-11-15-20)28-22-17-18(25)16-21(26-4)23(22)27-5/h6-17H,1-5H3. The Hall–Kier alpha value is -1.99. The van der Waals surface area contributed by atoms with Crippen LogP contribution in [0.15, 0.2) is 72.8 Å². The van der Waals surface area contributed by atoms with Crippen LogP contribution in [-0.2, 0) is 0 Å². The molecule has 0 unspecified atom stereocenters. The number of halogens is 1. The van der Waals surface area contributed by atoms with Crippen LogP contribution in [0.5, 0.6) is 17.2 Å². The minimum absolute atomic E-state index is 0.130. The molecule has 152 valence electrons. The summed E-state index contributed by atoms with van der Waals surface area (Å²) in [6, 6.07) is 25.1. The molecule has 5 heteroatoms. The van der Waals surface area contributed by atoms with E-state index in [1.807, 2.05) is 24.3 Å². The zero-order valence-electron chi connectivity index (χ0n) is 17.5. The summed E-state index contributed by atoms with van der Waals surface area (Å²) in [5, 5.41) is 2.31. The van der Waals surface area contributed by atoms with E-state index in [1.54, 1.807) is 14.2 Å². The van der Waals surface area contributed by atoms with Crippen molar-refractivity contribution in [3.8, 4) is 17.2 Å². The molecule has 3 aromatic carbocycles. The molecular weight excluding hydrogens is 491 g/mol. The van der Waals surface area contributed by atoms with Crippen LogP contribution in [0.1, 0.15) is 20.8 Å². The van der Waals surface area contributed by atoms with Gasteiger partial charge in [0.05, 0.1) is 14.2 Å². The quantitative estimate of drug-likeness (QED) is 0.330. The minimum atomic E-state index is -2.74. The third-order valence-corrected chi connectivity index (χ3v) is 10.6. The Labute approximate surface area is 188 Å². The van der Waals surface area contributed by atoms with Crippen LogP contribution in [0, 0.1) is 3.57 Å². The SMILES string of the molecule is COc1cc(I)cc(O[Si](c2ccccc2)(c2ccccc2)C(C)(C)C)c1OC. The minimum Gasteiger partial charge on any atom is -0.531 e. The maximum Gasteiger partial charge on any atom is 0.320 e. The summed E-state index contributed by atoms with van der Waals surface area (Å²) in [7, 11) is 0.574. The molecular formula is C24H27IO3Si. The van der Waals surface area contributed by atoms with Gasteiger partial charge in [0.25, 0.3) is 0 Å². The molecule has 0 heterocycles. The topological polar surface area (TPSA) is 27.7 Å². The summed E-state index contributed by atoms with van der Waals surface area (Å²) in [6.45, 7) is 6.78. The van der Waals surface area contributed by atoms with Gasteiger partial charge in [0.15, 0.2) is 11.5 Å². The molecule has 0 spiro atoms. The molecule has 0 bridgehead atoms. The number of hydrogen-bond donors (Lipinski definition) is 0. The summed E-state index contributed by atoms with van der Waals surface area (Å²) in [4.78, 5) is 0. The average molecular weight is 518 g/mol. The molecule has 0 aliphatic heterocycles. The van der Waals surface area contributed by atoms with Gasteiger partial charge in [-0.25, -0.2) is 0 Å². The zero-order valence-corrected chi connectivity index (χ0v) is 20.7. The molecule has 0 aliphatic rings. The number of hydrogen-bond acceptors (Lipinski definition) is 3. The Bertz CT molecular complexity index is 914. The zero-order chi connectivity index (χ0) is 21.1. The molecule has 0 N–H and O–H groups in total. The van der Waals surface area contributed by atoms with Gasteiger partial charge < -0.3 is 13.9 Å². The lowest BCUT2D eigenvalue weighted by Gasteiger charge is -2.43. The van der Waals surface area contributed by atoms with Crippen molar-refractivity contribution in [2.24, 2.45) is 0 Å². The van der Waals surface area contributed by atoms with E-state index in [0.717, 1.165) is 3.57 Å². The van der Waals surface area contributed by atoms with Gasteiger partial charge in [-0.1, -0.05) is 81.4 Å². The van der Waals surface area contributed by atoms with Crippen molar-refractivity contribution in [3.05, 3.63) is 76.4 Å². The van der Waals surface area contributed by atoms with E-state index in [0.29, 0.717) is 17.2 Å². The monoisotopic (exact) mass is 518 g/mol. The number of rotatable bonds is 6. The van der Waals surface area contributed by atoms with E-state index in [-0.39, 0.29) is 5.04 Å². The first-order valence-corrected chi connectivity index (χ1v) is 12.5. The van der Waals surface area contributed by atoms with Crippen molar-refractivity contribution in [1.82, 2.24) is 0 Å². The lowest BCUT2D eigenvalue weighted by atomic mass is 10.2. The molecule has 0 aliphatic carbocycles. The Morgan fingerprint density at radius 3 is 1.62 bits per heavy atom. The lowest BCUT2D eigenvalue weighted by molar-refractivity contribution is 0.341. The first-order valence-electron chi connectivity index (χ1n) is 9.55. The predicted octanol–water partition coefficient (Wildman–Crippen LogP) is 5.25. The maximum absolute atomic E-state index is 7.11. The highest BCUT2D eigenvalue weighted by Crippen LogP contribution is 2.44. The number of benzene rings is 3. The Morgan fingerprint density at radius 1 is 0.724 bits per heavy atom. The second-order valence-corrected chi connectivity index (χ2v) is 13.4. The van der Waals surface area contributed by atoms with Crippen LogP contribution < -0.4 is 24.3 Å². The predicted molar refractivity (Wildman–Crippen MR) is 131 cm³/mol. The van der Waals surface area contributed by atoms with Gasteiger partial charge in [0, 0.05) is 3.57 Å². The Morgan fingerprint density at radius 2 is 1.21 bits per heavy atom. The summed E-state index contributed by atoms with van der Waals surface area (Å²) >= 11 is 2.29. The highest BCUT2D eigenvalue weighted by molar-refractivity contribution is 14.1. The van der Waals surface area contributed by atoms with Gasteiger partial charge in [-0.05, 0) is 50.1 Å². The third-order valence-electron chi connectivity index (χ3n) is 5.09. The average Bonchev–Trinajstić information content (AvgIpc) is 2.71. The number of methoxy groups -OCH3 is 2. The van der Waals surface area contributed by atoms with Crippen LogP contribution in [0.3, 0.4) is 0 Å². The molecule has 0 amide bonds. The Kier molecular flexibility index (Phi) is 6.58. The second-order valence-electron chi connectivity index (χ2n) is 7.90. The Balaban J connectivity index is 2.32. The fraction of sp³-hybridized carbons (Fsp3) is 0.250. The fourth-order valence-electron chi connectivity index (χ4n) is 3.79. The van der Waals surface area contributed by atoms with E-state index in [4.69, 9.17) is 13.9 Å². The first-order chi connectivity index (χ1) is 13.8. The molecule has 0 fully saturated rings. The molecule has 3 rings (SSSR count). The van der Waals surface area contributed by atoms with Crippen LogP contribution in [-0.4, -0.2) is 22.5 Å². The largest absolute Gasteiger partial charge is 0.531 e. The van der Waals surface area contributed by atoms with E-state index < -0.39 is 8.32 Å². The third kappa shape index (κ3) is 4.16.